The summed E-state index contributed by atoms with van der Waals surface area (Å²) in [6.07, 6.45) is 0.912. The van der Waals surface area contributed by atoms with Crippen molar-refractivity contribution in [1.82, 2.24) is 0 Å². The summed E-state index contributed by atoms with van der Waals surface area (Å²) in [5.41, 5.74) is 2.14. The van der Waals surface area contributed by atoms with E-state index in [0.29, 0.717) is 5.75 Å². The van der Waals surface area contributed by atoms with E-state index in [1.165, 1.54) is 5.56 Å². The molecule has 0 saturated carbocycles. The summed E-state index contributed by atoms with van der Waals surface area (Å²) in [6, 6.07) is 5.66. The maximum atomic E-state index is 9.28. The smallest absolute Gasteiger partial charge is 0.118 e. The Morgan fingerprint density at radius 1 is 1.38 bits per heavy atom. The van der Waals surface area contributed by atoms with Crippen LogP contribution in [0.2, 0.25) is 0 Å². The summed E-state index contributed by atoms with van der Waals surface area (Å²) in [4.78, 5) is 0. The van der Waals surface area contributed by atoms with Crippen LogP contribution in [0.4, 0.5) is 0 Å². The molecule has 0 saturated heterocycles. The first kappa shape index (κ1) is 10.1. The van der Waals surface area contributed by atoms with Gasteiger partial charge in [-0.15, -0.1) is 0 Å². The lowest BCUT2D eigenvalue weighted by molar-refractivity contribution is 0.151. The normalized spacial score (nSPS) is 10.3. The second-order valence-electron chi connectivity index (χ2n) is 3.07. The van der Waals surface area contributed by atoms with E-state index < -0.39 is 0 Å². The molecule has 0 fully saturated rings. The number of hydrogen-bond acceptors (Lipinski definition) is 2. The van der Waals surface area contributed by atoms with Crippen molar-refractivity contribution in [3.8, 4) is 5.75 Å². The van der Waals surface area contributed by atoms with Crippen LogP contribution in [0.15, 0.2) is 18.2 Å². The van der Waals surface area contributed by atoms with E-state index in [1.54, 1.807) is 6.07 Å². The number of ether oxygens (including phenoxy) is 1. The van der Waals surface area contributed by atoms with Gasteiger partial charge in [-0.25, -0.2) is 0 Å². The number of benzene rings is 1. The average molecular weight is 180 g/mol. The van der Waals surface area contributed by atoms with Gasteiger partial charge in [-0.3, -0.25) is 0 Å². The predicted molar refractivity (Wildman–Crippen MR) is 53.0 cm³/mol. The average Bonchev–Trinajstić information content (AvgIpc) is 2.12. The minimum atomic E-state index is 0.361. The second kappa shape index (κ2) is 4.87. The van der Waals surface area contributed by atoms with Gasteiger partial charge in [-0.2, -0.15) is 0 Å². The van der Waals surface area contributed by atoms with E-state index >= 15 is 0 Å². The van der Waals surface area contributed by atoms with Crippen molar-refractivity contribution in [2.75, 3.05) is 13.2 Å². The number of phenols is 1. The number of hydrogen-bond donors (Lipinski definition) is 1. The van der Waals surface area contributed by atoms with Crippen LogP contribution in [0.3, 0.4) is 0 Å². The highest BCUT2D eigenvalue weighted by Crippen LogP contribution is 2.17. The van der Waals surface area contributed by atoms with Crippen molar-refractivity contribution in [1.29, 1.82) is 0 Å². The van der Waals surface area contributed by atoms with Crippen molar-refractivity contribution >= 4 is 0 Å². The van der Waals surface area contributed by atoms with Crippen LogP contribution in [0.5, 0.6) is 5.75 Å². The van der Waals surface area contributed by atoms with E-state index in [2.05, 4.69) is 0 Å². The van der Waals surface area contributed by atoms with E-state index in [1.807, 2.05) is 26.0 Å². The first-order valence-electron chi connectivity index (χ1n) is 4.60. The molecule has 0 aromatic heterocycles. The molecule has 1 aromatic carbocycles. The van der Waals surface area contributed by atoms with E-state index in [-0.39, 0.29) is 0 Å². The largest absolute Gasteiger partial charge is 0.508 e. The summed E-state index contributed by atoms with van der Waals surface area (Å²) in [5, 5.41) is 9.28. The number of aryl methyl sites for hydroxylation is 1. The molecule has 0 aliphatic carbocycles. The molecule has 13 heavy (non-hydrogen) atoms. The third-order valence-corrected chi connectivity index (χ3v) is 2.00. The molecule has 1 N–H and O–H groups in total. The summed E-state index contributed by atoms with van der Waals surface area (Å²) < 4.78 is 5.25. The first-order chi connectivity index (χ1) is 6.24. The van der Waals surface area contributed by atoms with E-state index in [0.717, 1.165) is 25.2 Å². The molecule has 0 radical (unpaired) electrons. The lowest BCUT2D eigenvalue weighted by atomic mass is 10.1. The van der Waals surface area contributed by atoms with E-state index in [9.17, 15) is 5.11 Å². The Hall–Kier alpha value is -1.02. The maximum Gasteiger partial charge on any atom is 0.118 e. The van der Waals surface area contributed by atoms with Crippen molar-refractivity contribution in [3.63, 3.8) is 0 Å². The predicted octanol–water partition coefficient (Wildman–Crippen LogP) is 2.28. The molecule has 2 nitrogen and oxygen atoms in total. The minimum absolute atomic E-state index is 0.361. The van der Waals surface area contributed by atoms with E-state index in [4.69, 9.17) is 4.74 Å². The lowest BCUT2D eigenvalue weighted by Crippen LogP contribution is -1.97. The highest BCUT2D eigenvalue weighted by molar-refractivity contribution is 5.34. The van der Waals surface area contributed by atoms with Crippen molar-refractivity contribution in [2.45, 2.75) is 20.3 Å². The van der Waals surface area contributed by atoms with Crippen LogP contribution < -0.4 is 0 Å². The molecule has 0 heterocycles. The number of phenolic OH excluding ortho intramolecular Hbond substituents is 1. The zero-order valence-electron chi connectivity index (χ0n) is 8.21. The molecule has 1 rings (SSSR count). The van der Waals surface area contributed by atoms with Gasteiger partial charge >= 0.3 is 0 Å². The molecule has 0 aliphatic heterocycles. The minimum Gasteiger partial charge on any atom is -0.508 e. The first-order valence-corrected chi connectivity index (χ1v) is 4.60. The Bertz CT molecular complexity index is 269. The molecule has 2 heteroatoms. The standard InChI is InChI=1S/C11H16O2/c1-3-13-7-6-10-4-5-11(12)9(2)8-10/h4-5,8,12H,3,6-7H2,1-2H3. The van der Waals surface area contributed by atoms with Crippen molar-refractivity contribution in [2.24, 2.45) is 0 Å². The molecule has 0 atom stereocenters. The van der Waals surface area contributed by atoms with Gasteiger partial charge in [0.2, 0.25) is 0 Å². The third kappa shape index (κ3) is 3.07. The maximum absolute atomic E-state index is 9.28. The Morgan fingerprint density at radius 3 is 2.77 bits per heavy atom. The van der Waals surface area contributed by atoms with Crippen LogP contribution in [0.25, 0.3) is 0 Å². The summed E-state index contributed by atoms with van der Waals surface area (Å²) in [5.74, 6) is 0.361. The van der Waals surface area contributed by atoms with Crippen LogP contribution in [-0.4, -0.2) is 18.3 Å². The molecular formula is C11H16O2. The molecule has 72 valence electrons. The topological polar surface area (TPSA) is 29.5 Å². The number of rotatable bonds is 4. The van der Waals surface area contributed by atoms with Gasteiger partial charge in [0.05, 0.1) is 6.61 Å². The van der Waals surface area contributed by atoms with Gasteiger partial charge in [-0.1, -0.05) is 12.1 Å². The van der Waals surface area contributed by atoms with Gasteiger partial charge < -0.3 is 9.84 Å². The van der Waals surface area contributed by atoms with Gasteiger partial charge in [0.15, 0.2) is 0 Å². The summed E-state index contributed by atoms with van der Waals surface area (Å²) >= 11 is 0. The molecule has 0 unspecified atom stereocenters. The lowest BCUT2D eigenvalue weighted by Gasteiger charge is -2.04. The zero-order chi connectivity index (χ0) is 9.68. The molecule has 1 aromatic rings. The summed E-state index contributed by atoms with van der Waals surface area (Å²) in [6.45, 7) is 5.40. The van der Waals surface area contributed by atoms with Gasteiger partial charge in [0.1, 0.15) is 5.75 Å². The van der Waals surface area contributed by atoms with Crippen molar-refractivity contribution in [3.05, 3.63) is 29.3 Å². The Kier molecular flexibility index (Phi) is 3.77. The zero-order valence-corrected chi connectivity index (χ0v) is 8.21. The number of aromatic hydroxyl groups is 1. The van der Waals surface area contributed by atoms with Crippen molar-refractivity contribution < 1.29 is 9.84 Å². The molecule has 0 spiro atoms. The fraction of sp³-hybridized carbons (Fsp3) is 0.455. The quantitative estimate of drug-likeness (QED) is 0.720. The third-order valence-electron chi connectivity index (χ3n) is 2.00. The summed E-state index contributed by atoms with van der Waals surface area (Å²) in [7, 11) is 0. The van der Waals surface area contributed by atoms with Crippen LogP contribution >= 0.6 is 0 Å². The molecule has 0 aliphatic rings. The Balaban J connectivity index is 2.53. The van der Waals surface area contributed by atoms with Crippen LogP contribution in [0.1, 0.15) is 18.1 Å². The fourth-order valence-electron chi connectivity index (χ4n) is 1.21. The molecule has 0 bridgehead atoms. The van der Waals surface area contributed by atoms with Gasteiger partial charge in [0, 0.05) is 6.61 Å². The monoisotopic (exact) mass is 180 g/mol. The van der Waals surface area contributed by atoms with Gasteiger partial charge in [-0.05, 0) is 37.5 Å². The SMILES string of the molecule is CCOCCc1ccc(O)c(C)c1. The fourth-order valence-corrected chi connectivity index (χ4v) is 1.21. The molecule has 0 amide bonds. The van der Waals surface area contributed by atoms with Crippen LogP contribution in [0, 0.1) is 6.92 Å². The highest BCUT2D eigenvalue weighted by atomic mass is 16.5. The molecular weight excluding hydrogens is 164 g/mol. The Labute approximate surface area is 79.2 Å². The van der Waals surface area contributed by atoms with Crippen LogP contribution in [-0.2, 0) is 11.2 Å². The Morgan fingerprint density at radius 2 is 2.15 bits per heavy atom. The van der Waals surface area contributed by atoms with Gasteiger partial charge in [0.25, 0.3) is 0 Å². The highest BCUT2D eigenvalue weighted by Gasteiger charge is 1.97. The second-order valence-corrected chi connectivity index (χ2v) is 3.07.